The fourth-order valence-corrected chi connectivity index (χ4v) is 9.68. The predicted octanol–water partition coefficient (Wildman–Crippen LogP) is 2.32. The van der Waals surface area contributed by atoms with Crippen LogP contribution < -0.4 is 15.1 Å². The molecular formula is C30H38N6O5Si. The van der Waals surface area contributed by atoms with Crippen molar-refractivity contribution in [2.24, 2.45) is 5.92 Å². The first kappa shape index (κ1) is 28.7. The van der Waals surface area contributed by atoms with Crippen molar-refractivity contribution in [2.75, 3.05) is 36.0 Å². The van der Waals surface area contributed by atoms with Crippen LogP contribution >= 0.6 is 0 Å². The minimum absolute atomic E-state index is 0.00218. The maximum absolute atomic E-state index is 14.7. The van der Waals surface area contributed by atoms with E-state index in [4.69, 9.17) is 4.74 Å². The molecule has 12 heteroatoms. The van der Waals surface area contributed by atoms with E-state index in [1.807, 2.05) is 74.7 Å². The molecule has 4 heterocycles. The maximum Gasteiger partial charge on any atom is 0.268 e. The first-order chi connectivity index (χ1) is 20.1. The van der Waals surface area contributed by atoms with Crippen LogP contribution in [0.1, 0.15) is 24.6 Å². The van der Waals surface area contributed by atoms with Gasteiger partial charge in [-0.2, -0.15) is 0 Å². The number of carbonyl (C=O) groups is 2. The number of nitrogens with zero attached hydrogens (tertiary/aromatic N) is 5. The fourth-order valence-electron chi connectivity index (χ4n) is 7.08. The van der Waals surface area contributed by atoms with Crippen molar-refractivity contribution >= 4 is 37.2 Å². The van der Waals surface area contributed by atoms with Crippen LogP contribution in [-0.4, -0.2) is 77.4 Å². The molecule has 0 radical (unpaired) electrons. The number of rotatable bonds is 8. The number of amides is 2. The van der Waals surface area contributed by atoms with Gasteiger partial charge in [0, 0.05) is 67.3 Å². The van der Waals surface area contributed by atoms with Crippen LogP contribution in [0.25, 0.3) is 0 Å². The molecule has 3 aromatic rings. The standard InChI is InChI=1S/C30H38N6O5Si/c1-20-28(42(2,3)40)26(11-14-34-19-21(12-16-37)32-33-34)41-30(20)24-17-23(35-15-13-31-18-27(35)38)9-10-25(24)36(29(30)39)22-7-5-4-6-8-22/h4-10,17,19-20,26,28,31,37,40H,11-16,18H2,1-3H3/t20-,26+,28-,30+/m0/s1. The molecule has 42 heavy (non-hydrogen) atoms. The molecule has 2 aromatic carbocycles. The van der Waals surface area contributed by atoms with E-state index in [0.717, 1.165) is 22.6 Å². The number of aromatic nitrogens is 3. The molecule has 4 atom stereocenters. The third-order valence-electron chi connectivity index (χ3n) is 8.89. The normalized spacial score (nSPS) is 26.0. The second kappa shape index (κ2) is 11.0. The van der Waals surface area contributed by atoms with Gasteiger partial charge < -0.3 is 24.9 Å². The summed E-state index contributed by atoms with van der Waals surface area (Å²) in [7, 11) is -2.85. The van der Waals surface area contributed by atoms with E-state index < -0.39 is 20.0 Å². The van der Waals surface area contributed by atoms with Gasteiger partial charge in [-0.15, -0.1) is 5.10 Å². The highest BCUT2D eigenvalue weighted by molar-refractivity contribution is 6.71. The first-order valence-corrected chi connectivity index (χ1v) is 17.6. The summed E-state index contributed by atoms with van der Waals surface area (Å²) in [4.78, 5) is 42.6. The van der Waals surface area contributed by atoms with Crippen LogP contribution in [-0.2, 0) is 32.9 Å². The summed E-state index contributed by atoms with van der Waals surface area (Å²) in [5.74, 6) is -0.534. The van der Waals surface area contributed by atoms with Gasteiger partial charge in [-0.3, -0.25) is 19.2 Å². The van der Waals surface area contributed by atoms with Gasteiger partial charge in [-0.25, -0.2) is 0 Å². The monoisotopic (exact) mass is 590 g/mol. The molecule has 0 bridgehead atoms. The number of benzene rings is 2. The van der Waals surface area contributed by atoms with Gasteiger partial charge in [0.2, 0.25) is 5.91 Å². The highest BCUT2D eigenvalue weighted by atomic mass is 28.4. The largest absolute Gasteiger partial charge is 0.432 e. The van der Waals surface area contributed by atoms with Crippen molar-refractivity contribution in [3.8, 4) is 0 Å². The molecule has 3 N–H and O–H groups in total. The predicted molar refractivity (Wildman–Crippen MR) is 160 cm³/mol. The molecule has 11 nitrogen and oxygen atoms in total. The molecule has 6 rings (SSSR count). The van der Waals surface area contributed by atoms with E-state index in [2.05, 4.69) is 15.6 Å². The lowest BCUT2D eigenvalue weighted by molar-refractivity contribution is -0.145. The Hall–Kier alpha value is -3.42. The smallest absolute Gasteiger partial charge is 0.268 e. The van der Waals surface area contributed by atoms with Crippen molar-refractivity contribution < 1.29 is 24.2 Å². The van der Waals surface area contributed by atoms with Gasteiger partial charge in [0.1, 0.15) is 0 Å². The summed E-state index contributed by atoms with van der Waals surface area (Å²) in [6.45, 7) is 7.81. The van der Waals surface area contributed by atoms with Gasteiger partial charge in [0.05, 0.1) is 24.0 Å². The number of fused-ring (bicyclic) bond motifs is 2. The summed E-state index contributed by atoms with van der Waals surface area (Å²) in [6, 6.07) is 15.3. The molecule has 222 valence electrons. The van der Waals surface area contributed by atoms with Crippen LogP contribution in [0.5, 0.6) is 0 Å². The van der Waals surface area contributed by atoms with Gasteiger partial charge in [-0.1, -0.05) is 30.3 Å². The molecule has 2 fully saturated rings. The summed E-state index contributed by atoms with van der Waals surface area (Å²) >= 11 is 0. The topological polar surface area (TPSA) is 133 Å². The SMILES string of the molecule is C[C@H]1[C@H]([Si](C)(C)O)[C@@H](CCn2cc(CCO)nn2)O[C@]12C(=O)N(c1ccccc1)c1ccc(N3CCNCC3=O)cc12. The number of hydrogen-bond acceptors (Lipinski definition) is 8. The van der Waals surface area contributed by atoms with Crippen LogP contribution in [0, 0.1) is 5.92 Å². The second-order valence-corrected chi connectivity index (χ2v) is 16.0. The van der Waals surface area contributed by atoms with E-state index in [1.54, 1.807) is 14.5 Å². The number of anilines is 3. The van der Waals surface area contributed by atoms with Crippen molar-refractivity contribution in [1.29, 1.82) is 0 Å². The number of aliphatic hydroxyl groups excluding tert-OH is 1. The molecular weight excluding hydrogens is 552 g/mol. The third kappa shape index (κ3) is 4.76. The van der Waals surface area contributed by atoms with E-state index in [1.165, 1.54) is 0 Å². The number of ether oxygens (including phenoxy) is 1. The van der Waals surface area contributed by atoms with Crippen LogP contribution in [0.2, 0.25) is 18.6 Å². The van der Waals surface area contributed by atoms with E-state index >= 15 is 0 Å². The molecule has 1 spiro atoms. The van der Waals surface area contributed by atoms with Crippen LogP contribution in [0.3, 0.4) is 0 Å². The minimum atomic E-state index is -2.85. The summed E-state index contributed by atoms with van der Waals surface area (Å²) in [5, 5.41) is 20.7. The lowest BCUT2D eigenvalue weighted by Gasteiger charge is -2.33. The van der Waals surface area contributed by atoms with Gasteiger partial charge >= 0.3 is 0 Å². The third-order valence-corrected chi connectivity index (χ3v) is 11.4. The van der Waals surface area contributed by atoms with Crippen molar-refractivity contribution in [3.05, 3.63) is 66.0 Å². The molecule has 1 aromatic heterocycles. The number of piperazine rings is 1. The zero-order chi connectivity index (χ0) is 29.6. The highest BCUT2D eigenvalue weighted by Gasteiger charge is 2.66. The molecule has 3 aliphatic heterocycles. The van der Waals surface area contributed by atoms with E-state index in [9.17, 15) is 19.5 Å². The highest BCUT2D eigenvalue weighted by Crippen LogP contribution is 2.61. The number of hydrogen-bond donors (Lipinski definition) is 3. The first-order valence-electron chi connectivity index (χ1n) is 14.6. The summed E-state index contributed by atoms with van der Waals surface area (Å²) in [6.07, 6.45) is 2.36. The Kier molecular flexibility index (Phi) is 7.52. The number of para-hydroxylation sites is 1. The van der Waals surface area contributed by atoms with Gasteiger partial charge in [-0.05, 0) is 49.8 Å². The van der Waals surface area contributed by atoms with Crippen molar-refractivity contribution in [3.63, 3.8) is 0 Å². The molecule has 3 aliphatic rings. The number of carbonyl (C=O) groups excluding carboxylic acids is 2. The Bertz CT molecular complexity index is 1480. The van der Waals surface area contributed by atoms with Gasteiger partial charge in [0.25, 0.3) is 5.91 Å². The second-order valence-electron chi connectivity index (χ2n) is 12.0. The summed E-state index contributed by atoms with van der Waals surface area (Å²) in [5.41, 5.74) is 2.06. The summed E-state index contributed by atoms with van der Waals surface area (Å²) < 4.78 is 8.69. The van der Waals surface area contributed by atoms with Gasteiger partial charge in [0.15, 0.2) is 13.9 Å². The Labute approximate surface area is 246 Å². The Morgan fingerprint density at radius 1 is 1.14 bits per heavy atom. The zero-order valence-electron chi connectivity index (χ0n) is 24.2. The van der Waals surface area contributed by atoms with E-state index in [-0.39, 0.29) is 36.4 Å². The quantitative estimate of drug-likeness (QED) is 0.341. The molecule has 2 saturated heterocycles. The Morgan fingerprint density at radius 2 is 1.93 bits per heavy atom. The fraction of sp³-hybridized carbons (Fsp3) is 0.467. The Balaban J connectivity index is 1.43. The number of nitrogens with one attached hydrogen (secondary N) is 1. The zero-order valence-corrected chi connectivity index (χ0v) is 25.2. The molecule has 0 aliphatic carbocycles. The number of aliphatic hydroxyl groups is 1. The molecule has 0 unspecified atom stereocenters. The average molecular weight is 591 g/mol. The average Bonchev–Trinajstić information content (AvgIpc) is 3.61. The van der Waals surface area contributed by atoms with Crippen molar-refractivity contribution in [1.82, 2.24) is 20.3 Å². The molecule has 2 amide bonds. The van der Waals surface area contributed by atoms with Crippen molar-refractivity contribution in [2.45, 2.75) is 56.7 Å². The Morgan fingerprint density at radius 3 is 2.64 bits per heavy atom. The lowest BCUT2D eigenvalue weighted by atomic mass is 9.82. The maximum atomic E-state index is 14.7. The number of aryl methyl sites for hydroxylation is 1. The minimum Gasteiger partial charge on any atom is -0.432 e. The lowest BCUT2D eigenvalue weighted by Crippen LogP contribution is -2.48. The van der Waals surface area contributed by atoms with Crippen LogP contribution in [0.4, 0.5) is 17.1 Å². The van der Waals surface area contributed by atoms with E-state index in [0.29, 0.717) is 38.2 Å². The van der Waals surface area contributed by atoms with Crippen LogP contribution in [0.15, 0.2) is 54.7 Å². The molecule has 0 saturated carbocycles.